The van der Waals surface area contributed by atoms with E-state index >= 15 is 0 Å². The van der Waals surface area contributed by atoms with Gasteiger partial charge >= 0.3 is 0 Å². The van der Waals surface area contributed by atoms with Crippen molar-refractivity contribution in [3.63, 3.8) is 0 Å². The summed E-state index contributed by atoms with van der Waals surface area (Å²) in [4.78, 5) is 2.27. The normalized spacial score (nSPS) is 18.6. The molecule has 0 amide bonds. The van der Waals surface area contributed by atoms with Gasteiger partial charge < -0.3 is 9.47 Å². The van der Waals surface area contributed by atoms with E-state index in [2.05, 4.69) is 35.2 Å². The van der Waals surface area contributed by atoms with E-state index in [0.29, 0.717) is 12.0 Å². The van der Waals surface area contributed by atoms with Crippen molar-refractivity contribution in [3.8, 4) is 5.69 Å². The molecule has 1 saturated heterocycles. The van der Waals surface area contributed by atoms with Crippen LogP contribution < -0.4 is 4.90 Å². The zero-order valence-corrected chi connectivity index (χ0v) is 13.9. The maximum absolute atomic E-state index is 4.40. The molecule has 2 fully saturated rings. The van der Waals surface area contributed by atoms with Crippen LogP contribution in [0.4, 0.5) is 5.95 Å². The number of piperidine rings is 1. The van der Waals surface area contributed by atoms with E-state index in [1.165, 1.54) is 12.8 Å². The highest BCUT2D eigenvalue weighted by Crippen LogP contribution is 2.38. The molecular formula is C17H20N8. The quantitative estimate of drug-likeness (QED) is 0.725. The highest BCUT2D eigenvalue weighted by molar-refractivity contribution is 5.40. The van der Waals surface area contributed by atoms with Gasteiger partial charge in [-0.1, -0.05) is 23.3 Å². The third-order valence-electron chi connectivity index (χ3n) is 5.14. The van der Waals surface area contributed by atoms with Crippen molar-refractivity contribution in [2.75, 3.05) is 18.0 Å². The molecule has 1 saturated carbocycles. The summed E-state index contributed by atoms with van der Waals surface area (Å²) in [6, 6.07) is 10.7. The Morgan fingerprint density at radius 2 is 1.72 bits per heavy atom. The summed E-state index contributed by atoms with van der Waals surface area (Å²) < 4.78 is 4.10. The first kappa shape index (κ1) is 14.6. The lowest BCUT2D eigenvalue weighted by Gasteiger charge is -2.31. The number of aromatic nitrogens is 7. The number of tetrazole rings is 1. The Balaban J connectivity index is 1.33. The van der Waals surface area contributed by atoms with Gasteiger partial charge in [-0.3, -0.25) is 0 Å². The number of benzene rings is 1. The van der Waals surface area contributed by atoms with Gasteiger partial charge in [-0.05, 0) is 48.2 Å². The molecule has 3 heterocycles. The number of hydrogen-bond acceptors (Lipinski definition) is 6. The standard InChI is InChI=1S/C17H20N8/c1-2-4-15(5-3-1)25-17(20-21-22-25)23-10-8-13(9-11-23)16-19-18-12-24(16)14-6-7-14/h1-5,12-14H,6-11H2. The molecule has 0 spiro atoms. The number of para-hydroxylation sites is 1. The van der Waals surface area contributed by atoms with Gasteiger partial charge in [0.25, 0.3) is 0 Å². The van der Waals surface area contributed by atoms with Crippen LogP contribution >= 0.6 is 0 Å². The van der Waals surface area contributed by atoms with Crippen molar-refractivity contribution < 1.29 is 0 Å². The van der Waals surface area contributed by atoms with Gasteiger partial charge in [0.1, 0.15) is 12.2 Å². The maximum atomic E-state index is 4.40. The van der Waals surface area contributed by atoms with Crippen LogP contribution in [0, 0.1) is 0 Å². The van der Waals surface area contributed by atoms with Crippen molar-refractivity contribution in [2.45, 2.75) is 37.6 Å². The van der Waals surface area contributed by atoms with Crippen LogP contribution in [0.1, 0.15) is 43.5 Å². The Bertz CT molecular complexity index is 842. The Labute approximate surface area is 145 Å². The molecule has 5 rings (SSSR count). The van der Waals surface area contributed by atoms with E-state index < -0.39 is 0 Å². The molecule has 0 atom stereocenters. The van der Waals surface area contributed by atoms with Crippen molar-refractivity contribution >= 4 is 5.95 Å². The van der Waals surface area contributed by atoms with Crippen molar-refractivity contribution in [2.24, 2.45) is 0 Å². The fraction of sp³-hybridized carbons (Fsp3) is 0.471. The van der Waals surface area contributed by atoms with E-state index in [1.807, 2.05) is 41.3 Å². The minimum atomic E-state index is 0.473. The van der Waals surface area contributed by atoms with Gasteiger partial charge in [0.05, 0.1) is 5.69 Å². The average Bonchev–Trinajstić information content (AvgIpc) is 3.20. The summed E-state index contributed by atoms with van der Waals surface area (Å²) in [7, 11) is 0. The zero-order chi connectivity index (χ0) is 16.6. The molecular weight excluding hydrogens is 316 g/mol. The molecule has 0 N–H and O–H groups in total. The minimum absolute atomic E-state index is 0.473. The summed E-state index contributed by atoms with van der Waals surface area (Å²) in [5, 5.41) is 20.8. The minimum Gasteiger partial charge on any atom is -0.339 e. The molecule has 1 aromatic carbocycles. The lowest BCUT2D eigenvalue weighted by Crippen LogP contribution is -2.35. The lowest BCUT2D eigenvalue weighted by molar-refractivity contribution is 0.459. The topological polar surface area (TPSA) is 77.6 Å². The molecule has 0 unspecified atom stereocenters. The molecule has 3 aromatic rings. The van der Waals surface area contributed by atoms with E-state index in [9.17, 15) is 0 Å². The second-order valence-corrected chi connectivity index (χ2v) is 6.82. The number of anilines is 1. The molecule has 2 aromatic heterocycles. The van der Waals surface area contributed by atoms with Crippen LogP contribution in [0.2, 0.25) is 0 Å². The number of hydrogen-bond donors (Lipinski definition) is 0. The van der Waals surface area contributed by atoms with Crippen molar-refractivity contribution in [1.82, 2.24) is 35.0 Å². The van der Waals surface area contributed by atoms with E-state index in [-0.39, 0.29) is 0 Å². The van der Waals surface area contributed by atoms with E-state index in [0.717, 1.165) is 43.4 Å². The molecule has 128 valence electrons. The van der Waals surface area contributed by atoms with Crippen LogP contribution in [0.15, 0.2) is 36.7 Å². The smallest absolute Gasteiger partial charge is 0.250 e. The van der Waals surface area contributed by atoms with E-state index in [4.69, 9.17) is 0 Å². The van der Waals surface area contributed by atoms with Crippen LogP contribution in [-0.4, -0.2) is 48.1 Å². The third kappa shape index (κ3) is 2.67. The summed E-state index contributed by atoms with van der Waals surface area (Å²) in [5.41, 5.74) is 0.984. The first-order chi connectivity index (χ1) is 12.4. The van der Waals surface area contributed by atoms with Gasteiger partial charge in [-0.25, -0.2) is 0 Å². The molecule has 1 aliphatic heterocycles. The number of rotatable bonds is 4. The first-order valence-electron chi connectivity index (χ1n) is 8.88. The van der Waals surface area contributed by atoms with Gasteiger partial charge in [-0.2, -0.15) is 4.68 Å². The molecule has 25 heavy (non-hydrogen) atoms. The van der Waals surface area contributed by atoms with Gasteiger partial charge in [0.2, 0.25) is 5.95 Å². The van der Waals surface area contributed by atoms with Crippen LogP contribution in [-0.2, 0) is 0 Å². The van der Waals surface area contributed by atoms with Gasteiger partial charge in [-0.15, -0.1) is 10.2 Å². The molecule has 8 heteroatoms. The molecule has 8 nitrogen and oxygen atoms in total. The Kier molecular flexibility index (Phi) is 3.46. The summed E-state index contributed by atoms with van der Waals surface area (Å²) in [5.74, 6) is 2.44. The van der Waals surface area contributed by atoms with Crippen molar-refractivity contribution in [3.05, 3.63) is 42.5 Å². The second-order valence-electron chi connectivity index (χ2n) is 6.82. The van der Waals surface area contributed by atoms with Gasteiger partial charge in [0, 0.05) is 25.0 Å². The third-order valence-corrected chi connectivity index (χ3v) is 5.14. The van der Waals surface area contributed by atoms with Crippen molar-refractivity contribution in [1.29, 1.82) is 0 Å². The van der Waals surface area contributed by atoms with Gasteiger partial charge in [0.15, 0.2) is 0 Å². The van der Waals surface area contributed by atoms with Crippen LogP contribution in [0.3, 0.4) is 0 Å². The monoisotopic (exact) mass is 336 g/mol. The second kappa shape index (κ2) is 5.94. The average molecular weight is 336 g/mol. The fourth-order valence-corrected chi connectivity index (χ4v) is 3.63. The first-order valence-corrected chi connectivity index (χ1v) is 8.88. The zero-order valence-electron chi connectivity index (χ0n) is 13.9. The Morgan fingerprint density at radius 3 is 2.48 bits per heavy atom. The molecule has 0 radical (unpaired) electrons. The SMILES string of the molecule is c1ccc(-n2nnnc2N2CCC(c3nncn3C3CC3)CC2)cc1. The van der Waals surface area contributed by atoms with Crippen LogP contribution in [0.5, 0.6) is 0 Å². The molecule has 1 aliphatic carbocycles. The lowest BCUT2D eigenvalue weighted by atomic mass is 9.96. The highest BCUT2D eigenvalue weighted by atomic mass is 15.6. The highest BCUT2D eigenvalue weighted by Gasteiger charge is 2.32. The number of nitrogens with zero attached hydrogens (tertiary/aromatic N) is 8. The maximum Gasteiger partial charge on any atom is 0.250 e. The molecule has 0 bridgehead atoms. The predicted molar refractivity (Wildman–Crippen MR) is 91.6 cm³/mol. The summed E-state index contributed by atoms with van der Waals surface area (Å²) >= 11 is 0. The summed E-state index contributed by atoms with van der Waals surface area (Å²) in [6.07, 6.45) is 6.51. The van der Waals surface area contributed by atoms with Crippen LogP contribution in [0.25, 0.3) is 5.69 Å². The largest absolute Gasteiger partial charge is 0.339 e. The molecule has 2 aliphatic rings. The fourth-order valence-electron chi connectivity index (χ4n) is 3.63. The van der Waals surface area contributed by atoms with E-state index in [1.54, 1.807) is 0 Å². The Morgan fingerprint density at radius 1 is 0.920 bits per heavy atom. The summed E-state index contributed by atoms with van der Waals surface area (Å²) in [6.45, 7) is 1.85. The Hall–Kier alpha value is -2.77. The predicted octanol–water partition coefficient (Wildman–Crippen LogP) is 1.97.